The largest absolute Gasteiger partial charge is 0.460 e. The second kappa shape index (κ2) is 9.52. The van der Waals surface area contributed by atoms with Crippen molar-refractivity contribution in [3.05, 3.63) is 88.8 Å². The van der Waals surface area contributed by atoms with Gasteiger partial charge in [0.25, 0.3) is 5.56 Å². The molecule has 33 heavy (non-hydrogen) atoms. The number of nitrogens with one attached hydrogen (secondary N) is 2. The van der Waals surface area contributed by atoms with Crippen LogP contribution in [-0.4, -0.2) is 20.6 Å². The van der Waals surface area contributed by atoms with Crippen molar-refractivity contribution >= 4 is 11.8 Å². The topological polar surface area (TPSA) is 102 Å². The number of carbonyl (C=O) groups is 1. The van der Waals surface area contributed by atoms with Gasteiger partial charge in [0.15, 0.2) is 5.76 Å². The maximum atomic E-state index is 12.4. The van der Waals surface area contributed by atoms with Crippen molar-refractivity contribution in [3.63, 3.8) is 0 Å². The predicted octanol–water partition coefficient (Wildman–Crippen LogP) is 4.78. The van der Waals surface area contributed by atoms with Crippen molar-refractivity contribution in [2.24, 2.45) is 0 Å². The molecule has 8 nitrogen and oxygen atoms in total. The number of nitrogens with zero attached hydrogens (tertiary/aromatic N) is 3. The summed E-state index contributed by atoms with van der Waals surface area (Å²) in [6, 6.07) is 15.7. The molecular formula is C25H25N5O3. The summed E-state index contributed by atoms with van der Waals surface area (Å²) in [5.74, 6) is 1.69. The Bertz CT molecular complexity index is 1330. The summed E-state index contributed by atoms with van der Waals surface area (Å²) >= 11 is 0. The average molecular weight is 444 g/mol. The number of pyridine rings is 3. The standard InChI is InChI=1S/C25H25N5O3/c1-16(2)30-15-18(8-12-23(30)31)20-9-11-22(28-24(20)21-10-7-17(3)33-21)29-25(32)27-14-19-6-4-5-13-26-19/h4-13,15-16H,14H2,1-3H3,(H2,27,28,29,32). The van der Waals surface area contributed by atoms with Gasteiger partial charge in [-0.2, -0.15) is 0 Å². The van der Waals surface area contributed by atoms with Gasteiger partial charge in [-0.1, -0.05) is 6.07 Å². The van der Waals surface area contributed by atoms with Crippen LogP contribution in [0.5, 0.6) is 0 Å². The fourth-order valence-corrected chi connectivity index (χ4v) is 3.41. The second-order valence-corrected chi connectivity index (χ2v) is 7.89. The van der Waals surface area contributed by atoms with Crippen LogP contribution in [0.3, 0.4) is 0 Å². The maximum absolute atomic E-state index is 12.4. The zero-order valence-corrected chi connectivity index (χ0v) is 18.7. The van der Waals surface area contributed by atoms with Gasteiger partial charge in [0, 0.05) is 35.6 Å². The van der Waals surface area contributed by atoms with Crippen molar-refractivity contribution in [1.82, 2.24) is 19.9 Å². The van der Waals surface area contributed by atoms with E-state index in [2.05, 4.69) is 20.6 Å². The van der Waals surface area contributed by atoms with Crippen LogP contribution in [0.1, 0.15) is 31.3 Å². The van der Waals surface area contributed by atoms with E-state index < -0.39 is 6.03 Å². The van der Waals surface area contributed by atoms with E-state index >= 15 is 0 Å². The summed E-state index contributed by atoms with van der Waals surface area (Å²) in [7, 11) is 0. The minimum absolute atomic E-state index is 0.0171. The highest BCUT2D eigenvalue weighted by Crippen LogP contribution is 2.32. The predicted molar refractivity (Wildman–Crippen MR) is 127 cm³/mol. The average Bonchev–Trinajstić information content (AvgIpc) is 3.25. The van der Waals surface area contributed by atoms with Crippen LogP contribution in [0.15, 0.2) is 76.2 Å². The lowest BCUT2D eigenvalue weighted by molar-refractivity contribution is 0.251. The number of urea groups is 1. The van der Waals surface area contributed by atoms with E-state index in [-0.39, 0.29) is 11.6 Å². The highest BCUT2D eigenvalue weighted by Gasteiger charge is 2.16. The van der Waals surface area contributed by atoms with Crippen LogP contribution in [0.4, 0.5) is 10.6 Å². The summed E-state index contributed by atoms with van der Waals surface area (Å²) < 4.78 is 7.50. The third-order valence-electron chi connectivity index (χ3n) is 5.07. The Balaban J connectivity index is 1.64. The number of hydrogen-bond acceptors (Lipinski definition) is 5. The first kappa shape index (κ1) is 22.0. The van der Waals surface area contributed by atoms with Gasteiger partial charge in [-0.25, -0.2) is 9.78 Å². The second-order valence-electron chi connectivity index (χ2n) is 7.89. The Hall–Kier alpha value is -4.20. The summed E-state index contributed by atoms with van der Waals surface area (Å²) in [5, 5.41) is 5.53. The van der Waals surface area contributed by atoms with Crippen LogP contribution in [0.25, 0.3) is 22.6 Å². The van der Waals surface area contributed by atoms with E-state index in [0.717, 1.165) is 22.6 Å². The lowest BCUT2D eigenvalue weighted by atomic mass is 10.0. The molecule has 0 aliphatic carbocycles. The molecule has 0 radical (unpaired) electrons. The zero-order chi connectivity index (χ0) is 23.4. The SMILES string of the molecule is Cc1ccc(-c2nc(NC(=O)NCc3ccccn3)ccc2-c2ccc(=O)n(C(C)C)c2)o1. The molecule has 4 heterocycles. The minimum Gasteiger partial charge on any atom is -0.460 e. The molecule has 0 atom stereocenters. The number of hydrogen-bond donors (Lipinski definition) is 2. The van der Waals surface area contributed by atoms with Crippen LogP contribution in [-0.2, 0) is 6.54 Å². The summed E-state index contributed by atoms with van der Waals surface area (Å²) in [5.41, 5.74) is 2.87. The van der Waals surface area contributed by atoms with Gasteiger partial charge in [0.2, 0.25) is 0 Å². The first-order valence-corrected chi connectivity index (χ1v) is 10.7. The molecule has 4 aromatic rings. The molecule has 0 fully saturated rings. The Morgan fingerprint density at radius 2 is 1.94 bits per heavy atom. The number of aromatic nitrogens is 3. The number of furan rings is 1. The highest BCUT2D eigenvalue weighted by atomic mass is 16.3. The fourth-order valence-electron chi connectivity index (χ4n) is 3.41. The van der Waals surface area contributed by atoms with E-state index in [4.69, 9.17) is 4.42 Å². The quantitative estimate of drug-likeness (QED) is 0.447. The van der Waals surface area contributed by atoms with Gasteiger partial charge >= 0.3 is 6.03 Å². The molecule has 0 saturated carbocycles. The van der Waals surface area contributed by atoms with E-state index in [1.54, 1.807) is 29.0 Å². The molecule has 168 valence electrons. The summed E-state index contributed by atoms with van der Waals surface area (Å²) in [6.45, 7) is 6.06. The molecule has 0 spiro atoms. The van der Waals surface area contributed by atoms with Crippen molar-refractivity contribution < 1.29 is 9.21 Å². The summed E-state index contributed by atoms with van der Waals surface area (Å²) in [4.78, 5) is 33.5. The molecule has 0 unspecified atom stereocenters. The molecule has 0 saturated heterocycles. The highest BCUT2D eigenvalue weighted by molar-refractivity contribution is 5.89. The Morgan fingerprint density at radius 1 is 1.09 bits per heavy atom. The number of amides is 2. The molecule has 0 bridgehead atoms. The van der Waals surface area contributed by atoms with E-state index in [0.29, 0.717) is 23.8 Å². The molecule has 2 N–H and O–H groups in total. The Morgan fingerprint density at radius 3 is 2.64 bits per heavy atom. The first-order valence-electron chi connectivity index (χ1n) is 10.7. The van der Waals surface area contributed by atoms with Gasteiger partial charge in [-0.05, 0) is 63.2 Å². The molecule has 4 rings (SSSR count). The van der Waals surface area contributed by atoms with Crippen molar-refractivity contribution in [3.8, 4) is 22.6 Å². The zero-order valence-electron chi connectivity index (χ0n) is 18.7. The van der Waals surface area contributed by atoms with Crippen molar-refractivity contribution in [1.29, 1.82) is 0 Å². The molecular weight excluding hydrogens is 418 g/mol. The van der Waals surface area contributed by atoms with Gasteiger partial charge in [0.05, 0.1) is 12.2 Å². The molecule has 0 aliphatic rings. The fraction of sp³-hybridized carbons (Fsp3) is 0.200. The van der Waals surface area contributed by atoms with Crippen molar-refractivity contribution in [2.45, 2.75) is 33.4 Å². The lowest BCUT2D eigenvalue weighted by Crippen LogP contribution is -2.28. The third kappa shape index (κ3) is 5.17. The number of anilines is 1. The number of aryl methyl sites for hydroxylation is 1. The first-order chi connectivity index (χ1) is 15.9. The van der Waals surface area contributed by atoms with E-state index in [1.807, 2.05) is 63.4 Å². The normalized spacial score (nSPS) is 10.9. The van der Waals surface area contributed by atoms with Crippen LogP contribution in [0.2, 0.25) is 0 Å². The van der Waals surface area contributed by atoms with Gasteiger partial charge in [-0.15, -0.1) is 0 Å². The van der Waals surface area contributed by atoms with E-state index in [1.165, 1.54) is 0 Å². The molecule has 2 amide bonds. The third-order valence-corrected chi connectivity index (χ3v) is 5.07. The molecule has 8 heteroatoms. The van der Waals surface area contributed by atoms with Crippen LogP contribution in [0, 0.1) is 6.92 Å². The Kier molecular flexibility index (Phi) is 6.35. The lowest BCUT2D eigenvalue weighted by Gasteiger charge is -2.14. The van der Waals surface area contributed by atoms with E-state index in [9.17, 15) is 9.59 Å². The number of rotatable bonds is 6. The maximum Gasteiger partial charge on any atom is 0.320 e. The van der Waals surface area contributed by atoms with Crippen LogP contribution < -0.4 is 16.2 Å². The van der Waals surface area contributed by atoms with Crippen molar-refractivity contribution in [2.75, 3.05) is 5.32 Å². The smallest absolute Gasteiger partial charge is 0.320 e. The summed E-state index contributed by atoms with van der Waals surface area (Å²) in [6.07, 6.45) is 3.49. The van der Waals surface area contributed by atoms with Gasteiger partial charge in [0.1, 0.15) is 17.3 Å². The molecule has 0 aliphatic heterocycles. The number of carbonyl (C=O) groups excluding carboxylic acids is 1. The van der Waals surface area contributed by atoms with Crippen LogP contribution >= 0.6 is 0 Å². The van der Waals surface area contributed by atoms with Gasteiger partial charge in [-0.3, -0.25) is 15.1 Å². The Labute approximate surface area is 191 Å². The molecule has 0 aromatic carbocycles. The minimum atomic E-state index is -0.393. The monoisotopic (exact) mass is 443 g/mol. The van der Waals surface area contributed by atoms with Gasteiger partial charge < -0.3 is 14.3 Å². The molecule has 4 aromatic heterocycles.